The van der Waals surface area contributed by atoms with Crippen LogP contribution in [0.2, 0.25) is 0 Å². The van der Waals surface area contributed by atoms with Gasteiger partial charge in [-0.3, -0.25) is 4.79 Å². The maximum absolute atomic E-state index is 11.8. The molecule has 0 aromatic heterocycles. The van der Waals surface area contributed by atoms with Gasteiger partial charge < -0.3 is 26.4 Å². The number of nitrogens with one attached hydrogen (secondary N) is 3. The lowest BCUT2D eigenvalue weighted by molar-refractivity contribution is -0.141. The van der Waals surface area contributed by atoms with Crippen LogP contribution >= 0.6 is 0 Å². The first-order valence-corrected chi connectivity index (χ1v) is 16.7. The molecule has 3 unspecified atom stereocenters. The fraction of sp³-hybridized carbons (Fsp3) is 0.970. The van der Waals surface area contributed by atoms with E-state index in [-0.39, 0.29) is 5.97 Å². The van der Waals surface area contributed by atoms with Gasteiger partial charge in [-0.25, -0.2) is 0 Å². The van der Waals surface area contributed by atoms with E-state index < -0.39 is 0 Å². The number of esters is 1. The van der Waals surface area contributed by atoms with Gasteiger partial charge in [-0.2, -0.15) is 0 Å². The Hall–Kier alpha value is -0.690. The zero-order chi connectivity index (χ0) is 27.9. The Morgan fingerprint density at radius 1 is 0.897 bits per heavy atom. The molecule has 6 heteroatoms. The molecule has 4 fully saturated rings. The average molecular weight is 547 g/mol. The van der Waals surface area contributed by atoms with E-state index >= 15 is 0 Å². The van der Waals surface area contributed by atoms with Crippen molar-refractivity contribution in [1.82, 2.24) is 16.0 Å². The first-order chi connectivity index (χ1) is 18.8. The Labute approximate surface area is 240 Å². The molecule has 226 valence electrons. The standard InChI is InChI=1S/C33H62N4O2/c1-24(7-12-31(38)39-4)28-10-11-29-27-9-8-25-23-26(37-20-6-19-36-22-21-35-18-5-17-34)13-15-32(25,2)30(27)14-16-33(28,29)3/h24-30,35-37H,5-23,34H2,1-4H3/t24-,25-,26+,27?,28-,29?,30?,32+,33-/m1/s1. The Morgan fingerprint density at radius 3 is 2.36 bits per heavy atom. The fourth-order valence-electron chi connectivity index (χ4n) is 10.2. The van der Waals surface area contributed by atoms with Gasteiger partial charge in [0.25, 0.3) is 0 Å². The minimum Gasteiger partial charge on any atom is -0.469 e. The van der Waals surface area contributed by atoms with Crippen LogP contribution in [0.15, 0.2) is 0 Å². The molecule has 6 nitrogen and oxygen atoms in total. The number of rotatable bonds is 15. The molecular weight excluding hydrogens is 484 g/mol. The summed E-state index contributed by atoms with van der Waals surface area (Å²) in [5, 5.41) is 11.0. The van der Waals surface area contributed by atoms with Crippen molar-refractivity contribution in [1.29, 1.82) is 0 Å². The Bertz CT molecular complexity index is 764. The minimum absolute atomic E-state index is 0.0412. The number of methoxy groups -OCH3 is 1. The van der Waals surface area contributed by atoms with E-state index in [0.29, 0.717) is 23.2 Å². The summed E-state index contributed by atoms with van der Waals surface area (Å²) in [4.78, 5) is 11.8. The van der Waals surface area contributed by atoms with E-state index in [2.05, 4.69) is 36.7 Å². The summed E-state index contributed by atoms with van der Waals surface area (Å²) >= 11 is 0. The predicted octanol–water partition coefficient (Wildman–Crippen LogP) is 5.11. The van der Waals surface area contributed by atoms with E-state index in [1.54, 1.807) is 0 Å². The number of hydrogen-bond donors (Lipinski definition) is 4. The maximum Gasteiger partial charge on any atom is 0.305 e. The van der Waals surface area contributed by atoms with Crippen LogP contribution in [-0.4, -0.2) is 58.4 Å². The minimum atomic E-state index is -0.0412. The smallest absolute Gasteiger partial charge is 0.305 e. The van der Waals surface area contributed by atoms with Crippen LogP contribution in [-0.2, 0) is 9.53 Å². The van der Waals surface area contributed by atoms with E-state index in [1.807, 2.05) is 0 Å². The third-order valence-corrected chi connectivity index (χ3v) is 12.5. The first kappa shape index (κ1) is 31.3. The second kappa shape index (κ2) is 14.5. The molecule has 0 spiro atoms. The van der Waals surface area contributed by atoms with Crippen LogP contribution in [0.5, 0.6) is 0 Å². The Morgan fingerprint density at radius 2 is 1.62 bits per heavy atom. The van der Waals surface area contributed by atoms with Gasteiger partial charge >= 0.3 is 5.97 Å². The number of hydrogen-bond acceptors (Lipinski definition) is 6. The molecule has 0 saturated heterocycles. The normalized spacial score (nSPS) is 38.5. The highest BCUT2D eigenvalue weighted by Crippen LogP contribution is 2.68. The summed E-state index contributed by atoms with van der Waals surface area (Å²) in [5.41, 5.74) is 6.57. The van der Waals surface area contributed by atoms with Crippen molar-refractivity contribution in [2.45, 2.75) is 110 Å². The number of fused-ring (bicyclic) bond motifs is 5. The van der Waals surface area contributed by atoms with Gasteiger partial charge in [0.05, 0.1) is 7.11 Å². The molecule has 4 aliphatic rings. The molecule has 0 aliphatic heterocycles. The third kappa shape index (κ3) is 7.21. The Balaban J connectivity index is 1.21. The van der Waals surface area contributed by atoms with E-state index in [0.717, 1.165) is 87.7 Å². The van der Waals surface area contributed by atoms with Crippen LogP contribution in [0.3, 0.4) is 0 Å². The highest BCUT2D eigenvalue weighted by Gasteiger charge is 2.60. The monoisotopic (exact) mass is 546 g/mol. The number of carbonyl (C=O) groups is 1. The van der Waals surface area contributed by atoms with E-state index in [9.17, 15) is 4.79 Å². The van der Waals surface area contributed by atoms with Crippen molar-refractivity contribution in [2.75, 3.05) is 46.4 Å². The lowest BCUT2D eigenvalue weighted by Crippen LogP contribution is -2.55. The highest BCUT2D eigenvalue weighted by molar-refractivity contribution is 5.69. The van der Waals surface area contributed by atoms with Gasteiger partial charge in [-0.05, 0) is 150 Å². The van der Waals surface area contributed by atoms with E-state index in [1.165, 1.54) is 71.3 Å². The Kier molecular flexibility index (Phi) is 11.6. The fourth-order valence-corrected chi connectivity index (χ4v) is 10.2. The molecule has 0 amide bonds. The van der Waals surface area contributed by atoms with E-state index in [4.69, 9.17) is 10.5 Å². The zero-order valence-corrected chi connectivity index (χ0v) is 25.9. The molecule has 0 aromatic rings. The quantitative estimate of drug-likeness (QED) is 0.169. The van der Waals surface area contributed by atoms with Crippen molar-refractivity contribution < 1.29 is 9.53 Å². The lowest BCUT2D eigenvalue weighted by atomic mass is 9.44. The van der Waals surface area contributed by atoms with Crippen LogP contribution < -0.4 is 21.7 Å². The summed E-state index contributed by atoms with van der Waals surface area (Å²) < 4.78 is 4.94. The van der Waals surface area contributed by atoms with Gasteiger partial charge in [-0.1, -0.05) is 20.8 Å². The summed E-state index contributed by atoms with van der Waals surface area (Å²) in [7, 11) is 1.52. The molecule has 4 rings (SSSR count). The third-order valence-electron chi connectivity index (χ3n) is 12.5. The summed E-state index contributed by atoms with van der Waals surface area (Å²) in [5.74, 6) is 5.03. The number of carbonyl (C=O) groups excluding carboxylic acids is 1. The number of ether oxygens (including phenoxy) is 1. The van der Waals surface area contributed by atoms with Crippen LogP contribution in [0, 0.1) is 46.3 Å². The van der Waals surface area contributed by atoms with Crippen LogP contribution in [0.25, 0.3) is 0 Å². The van der Waals surface area contributed by atoms with Gasteiger partial charge in [0.2, 0.25) is 0 Å². The molecule has 4 aliphatic carbocycles. The average Bonchev–Trinajstić information content (AvgIpc) is 3.29. The van der Waals surface area contributed by atoms with Crippen molar-refractivity contribution in [3.63, 3.8) is 0 Å². The molecule has 4 saturated carbocycles. The van der Waals surface area contributed by atoms with Crippen LogP contribution in [0.4, 0.5) is 0 Å². The second-order valence-electron chi connectivity index (χ2n) is 14.4. The van der Waals surface area contributed by atoms with Gasteiger partial charge in [0, 0.05) is 25.6 Å². The summed E-state index contributed by atoms with van der Waals surface area (Å²) in [6, 6.07) is 0.720. The predicted molar refractivity (Wildman–Crippen MR) is 161 cm³/mol. The van der Waals surface area contributed by atoms with Gasteiger partial charge in [-0.15, -0.1) is 0 Å². The molecule has 0 heterocycles. The molecule has 9 atom stereocenters. The summed E-state index contributed by atoms with van der Waals surface area (Å²) in [6.07, 6.45) is 16.6. The summed E-state index contributed by atoms with van der Waals surface area (Å²) in [6.45, 7) is 13.9. The van der Waals surface area contributed by atoms with Gasteiger partial charge in [0.1, 0.15) is 0 Å². The van der Waals surface area contributed by atoms with Crippen molar-refractivity contribution in [3.8, 4) is 0 Å². The lowest BCUT2D eigenvalue weighted by Gasteiger charge is -2.61. The molecule has 39 heavy (non-hydrogen) atoms. The SMILES string of the molecule is COC(=O)CC[C@@H](C)[C@H]1CCC2C3CC[C@@H]4C[C@@H](NCCCNCCNCCCN)CC[C@]4(C)C3CC[C@@]21C. The molecule has 0 aromatic carbocycles. The highest BCUT2D eigenvalue weighted by atomic mass is 16.5. The second-order valence-corrected chi connectivity index (χ2v) is 14.4. The number of nitrogens with two attached hydrogens (primary N) is 1. The molecule has 5 N–H and O–H groups in total. The van der Waals surface area contributed by atoms with Gasteiger partial charge in [0.15, 0.2) is 0 Å². The molecule has 0 radical (unpaired) electrons. The molecular formula is C33H62N4O2. The van der Waals surface area contributed by atoms with Crippen molar-refractivity contribution in [2.24, 2.45) is 52.1 Å². The van der Waals surface area contributed by atoms with Crippen molar-refractivity contribution >= 4 is 5.97 Å². The maximum atomic E-state index is 11.8. The van der Waals surface area contributed by atoms with Crippen molar-refractivity contribution in [3.05, 3.63) is 0 Å². The molecule has 0 bridgehead atoms. The topological polar surface area (TPSA) is 88.4 Å². The zero-order valence-electron chi connectivity index (χ0n) is 25.9. The largest absolute Gasteiger partial charge is 0.469 e. The van der Waals surface area contributed by atoms with Crippen LogP contribution in [0.1, 0.15) is 104 Å². The first-order valence-electron chi connectivity index (χ1n) is 16.7.